The van der Waals surface area contributed by atoms with Gasteiger partial charge in [0.25, 0.3) is 0 Å². The van der Waals surface area contributed by atoms with E-state index in [1.54, 1.807) is 35.3 Å². The number of hydrogen-bond donors (Lipinski definition) is 2. The van der Waals surface area contributed by atoms with E-state index in [1.807, 2.05) is 27.7 Å². The molecule has 2 amide bonds. The predicted octanol–water partition coefficient (Wildman–Crippen LogP) is 5.57. The molecule has 0 bridgehead atoms. The monoisotopic (exact) mass is 450 g/mol. The summed E-state index contributed by atoms with van der Waals surface area (Å²) >= 11 is 0. The predicted molar refractivity (Wildman–Crippen MR) is 121 cm³/mol. The van der Waals surface area contributed by atoms with Crippen LogP contribution in [0.3, 0.4) is 0 Å². The number of pyridine rings is 1. The number of benzene rings is 1. The molecule has 10 heteroatoms. The molecule has 0 aliphatic rings. The first-order chi connectivity index (χ1) is 15.7. The van der Waals surface area contributed by atoms with Crippen LogP contribution in [0.4, 0.5) is 20.6 Å². The molecule has 3 heterocycles. The van der Waals surface area contributed by atoms with E-state index in [9.17, 15) is 9.18 Å². The molecule has 0 aliphatic heterocycles. The molecular weight excluding hydrogens is 427 g/mol. The topological polar surface area (TPSA) is 107 Å². The maximum atomic E-state index is 14.3. The van der Waals surface area contributed by atoms with E-state index in [0.717, 1.165) is 5.69 Å². The Morgan fingerprint density at radius 2 is 1.91 bits per heavy atom. The van der Waals surface area contributed by atoms with Gasteiger partial charge in [-0.05, 0) is 45.9 Å². The highest BCUT2D eigenvalue weighted by molar-refractivity contribution is 5.99. The summed E-state index contributed by atoms with van der Waals surface area (Å²) in [5, 5.41) is 13.2. The summed E-state index contributed by atoms with van der Waals surface area (Å²) in [7, 11) is 0. The van der Waals surface area contributed by atoms with Crippen LogP contribution in [0.5, 0.6) is 11.5 Å². The van der Waals surface area contributed by atoms with Gasteiger partial charge < -0.3 is 19.9 Å². The van der Waals surface area contributed by atoms with E-state index in [2.05, 4.69) is 25.9 Å². The fourth-order valence-electron chi connectivity index (χ4n) is 2.93. The van der Waals surface area contributed by atoms with Gasteiger partial charge in [0, 0.05) is 30.6 Å². The van der Waals surface area contributed by atoms with Gasteiger partial charge in [-0.15, -0.1) is 0 Å². The Balaban J connectivity index is 1.46. The van der Waals surface area contributed by atoms with Gasteiger partial charge >= 0.3 is 6.03 Å². The van der Waals surface area contributed by atoms with Crippen molar-refractivity contribution < 1.29 is 18.4 Å². The Hall–Kier alpha value is -4.21. The van der Waals surface area contributed by atoms with E-state index in [-0.39, 0.29) is 11.2 Å². The Labute approximate surface area is 189 Å². The molecule has 0 unspecified atom stereocenters. The Morgan fingerprint density at radius 1 is 1.12 bits per heavy atom. The zero-order valence-electron chi connectivity index (χ0n) is 18.6. The molecule has 4 rings (SSSR count). The number of halogens is 1. The summed E-state index contributed by atoms with van der Waals surface area (Å²) in [4.78, 5) is 16.6. The first-order valence-electron chi connectivity index (χ1n) is 10.2. The SMILES string of the molecule is Cc1cc(-c2cc(Oc3ccc(F)c(NC(=O)Nc4cnn(C(C)(C)C)c4)c3)ccn2)on1. The van der Waals surface area contributed by atoms with Gasteiger partial charge in [-0.2, -0.15) is 5.10 Å². The third-order valence-corrected chi connectivity index (χ3v) is 4.56. The van der Waals surface area contributed by atoms with E-state index in [0.29, 0.717) is 28.6 Å². The second-order valence-electron chi connectivity index (χ2n) is 8.38. The number of aryl methyl sites for hydroxylation is 1. The number of urea groups is 1. The lowest BCUT2D eigenvalue weighted by Gasteiger charge is -2.18. The van der Waals surface area contributed by atoms with Crippen LogP contribution in [-0.4, -0.2) is 26.0 Å². The van der Waals surface area contributed by atoms with Crippen LogP contribution in [0.15, 0.2) is 59.5 Å². The standard InChI is InChI=1S/C23H23FN6O3/c1-14-9-21(33-29-14)20-11-17(7-8-25-20)32-16-5-6-18(24)19(10-16)28-22(31)27-15-12-26-30(13-15)23(2,3)4/h5-13H,1-4H3,(H2,27,28,31). The van der Waals surface area contributed by atoms with Gasteiger partial charge in [0.05, 0.1) is 28.8 Å². The first kappa shape index (κ1) is 22.0. The molecule has 0 atom stereocenters. The van der Waals surface area contributed by atoms with Gasteiger partial charge in [0.1, 0.15) is 23.0 Å². The van der Waals surface area contributed by atoms with Crippen LogP contribution in [0.25, 0.3) is 11.5 Å². The molecule has 33 heavy (non-hydrogen) atoms. The lowest BCUT2D eigenvalue weighted by atomic mass is 10.1. The van der Waals surface area contributed by atoms with E-state index in [1.165, 1.54) is 24.4 Å². The third kappa shape index (κ3) is 5.35. The molecule has 0 saturated heterocycles. The smallest absolute Gasteiger partial charge is 0.323 e. The van der Waals surface area contributed by atoms with Crippen molar-refractivity contribution in [1.82, 2.24) is 19.9 Å². The lowest BCUT2D eigenvalue weighted by Crippen LogP contribution is -2.22. The molecular formula is C23H23FN6O3. The Kier molecular flexibility index (Phi) is 5.82. The van der Waals surface area contributed by atoms with Crippen LogP contribution < -0.4 is 15.4 Å². The number of hydrogen-bond acceptors (Lipinski definition) is 6. The number of ether oxygens (including phenoxy) is 1. The van der Waals surface area contributed by atoms with Crippen molar-refractivity contribution in [2.24, 2.45) is 0 Å². The zero-order chi connectivity index (χ0) is 23.6. The molecule has 0 spiro atoms. The number of carbonyl (C=O) groups is 1. The summed E-state index contributed by atoms with van der Waals surface area (Å²) in [5.74, 6) is 0.699. The molecule has 3 aromatic heterocycles. The number of rotatable bonds is 5. The molecule has 1 aromatic carbocycles. The third-order valence-electron chi connectivity index (χ3n) is 4.56. The zero-order valence-corrected chi connectivity index (χ0v) is 18.6. The number of nitrogens with one attached hydrogen (secondary N) is 2. The van der Waals surface area contributed by atoms with E-state index < -0.39 is 11.8 Å². The molecule has 0 radical (unpaired) electrons. The van der Waals surface area contributed by atoms with Crippen molar-refractivity contribution in [1.29, 1.82) is 0 Å². The minimum atomic E-state index is -0.605. The molecule has 4 aromatic rings. The van der Waals surface area contributed by atoms with Crippen molar-refractivity contribution in [2.75, 3.05) is 10.6 Å². The Morgan fingerprint density at radius 3 is 2.61 bits per heavy atom. The minimum Gasteiger partial charge on any atom is -0.457 e. The second kappa shape index (κ2) is 8.73. The van der Waals surface area contributed by atoms with Gasteiger partial charge in [0.15, 0.2) is 5.76 Å². The number of anilines is 2. The van der Waals surface area contributed by atoms with Crippen molar-refractivity contribution in [3.8, 4) is 23.0 Å². The quantitative estimate of drug-likeness (QED) is 0.411. The average molecular weight is 450 g/mol. The summed E-state index contributed by atoms with van der Waals surface area (Å²) < 4.78 is 27.1. The van der Waals surface area contributed by atoms with Gasteiger partial charge in [-0.3, -0.25) is 9.67 Å². The maximum Gasteiger partial charge on any atom is 0.323 e. The van der Waals surface area contributed by atoms with Gasteiger partial charge in [-0.25, -0.2) is 9.18 Å². The fraction of sp³-hybridized carbons (Fsp3) is 0.217. The van der Waals surface area contributed by atoms with Crippen LogP contribution in [0, 0.1) is 12.7 Å². The molecule has 170 valence electrons. The van der Waals surface area contributed by atoms with E-state index in [4.69, 9.17) is 9.26 Å². The van der Waals surface area contributed by atoms with Crippen LogP contribution in [-0.2, 0) is 5.54 Å². The van der Waals surface area contributed by atoms with Crippen LogP contribution in [0.2, 0.25) is 0 Å². The molecule has 9 nitrogen and oxygen atoms in total. The molecule has 0 aliphatic carbocycles. The highest BCUT2D eigenvalue weighted by Crippen LogP contribution is 2.29. The van der Waals surface area contributed by atoms with E-state index >= 15 is 0 Å². The molecule has 2 N–H and O–H groups in total. The lowest BCUT2D eigenvalue weighted by molar-refractivity contribution is 0.262. The summed E-state index contributed by atoms with van der Waals surface area (Å²) in [6.07, 6.45) is 4.79. The molecule has 0 saturated carbocycles. The van der Waals surface area contributed by atoms with Crippen molar-refractivity contribution in [3.63, 3.8) is 0 Å². The minimum absolute atomic E-state index is 0.0339. The Bertz CT molecular complexity index is 1290. The number of carbonyl (C=O) groups excluding carboxylic acids is 1. The summed E-state index contributed by atoms with van der Waals surface area (Å²) in [6, 6.07) is 8.56. The largest absolute Gasteiger partial charge is 0.457 e. The molecule has 0 fully saturated rings. The number of amides is 2. The fourth-order valence-corrected chi connectivity index (χ4v) is 2.93. The van der Waals surface area contributed by atoms with Gasteiger partial charge in [0.2, 0.25) is 0 Å². The number of aromatic nitrogens is 4. The van der Waals surface area contributed by atoms with Crippen molar-refractivity contribution in [2.45, 2.75) is 33.2 Å². The van der Waals surface area contributed by atoms with Crippen LogP contribution in [0.1, 0.15) is 26.5 Å². The summed E-state index contributed by atoms with van der Waals surface area (Å²) in [6.45, 7) is 7.78. The van der Waals surface area contributed by atoms with Gasteiger partial charge in [-0.1, -0.05) is 5.16 Å². The van der Waals surface area contributed by atoms with Crippen molar-refractivity contribution >= 4 is 17.4 Å². The maximum absolute atomic E-state index is 14.3. The van der Waals surface area contributed by atoms with Crippen LogP contribution >= 0.6 is 0 Å². The highest BCUT2D eigenvalue weighted by Gasteiger charge is 2.16. The number of nitrogens with zero attached hydrogens (tertiary/aromatic N) is 4. The second-order valence-corrected chi connectivity index (χ2v) is 8.38. The average Bonchev–Trinajstić information content (AvgIpc) is 3.40. The highest BCUT2D eigenvalue weighted by atomic mass is 19.1. The summed E-state index contributed by atoms with van der Waals surface area (Å²) in [5.41, 5.74) is 1.50. The normalized spacial score (nSPS) is 11.3. The van der Waals surface area contributed by atoms with Crippen molar-refractivity contribution in [3.05, 3.63) is 66.5 Å². The first-order valence-corrected chi connectivity index (χ1v) is 10.2.